The molecule has 1 aromatic carbocycles. The van der Waals surface area contributed by atoms with Gasteiger partial charge in [0.1, 0.15) is 6.67 Å². The third-order valence-electron chi connectivity index (χ3n) is 2.07. The molecule has 0 aromatic heterocycles. The maximum atomic E-state index is 13.4. The molecule has 1 unspecified atom stereocenters. The highest BCUT2D eigenvalue weighted by Gasteiger charge is 2.17. The summed E-state index contributed by atoms with van der Waals surface area (Å²) in [5.74, 6) is -0.791. The van der Waals surface area contributed by atoms with Crippen molar-refractivity contribution in [1.82, 2.24) is 0 Å². The maximum Gasteiger partial charge on any atom is 0.165 e. The first-order valence-electron chi connectivity index (χ1n) is 4.44. The molecular formula is C10H13F2NO2. The Morgan fingerprint density at radius 1 is 1.53 bits per heavy atom. The zero-order valence-corrected chi connectivity index (χ0v) is 8.34. The van der Waals surface area contributed by atoms with Crippen molar-refractivity contribution in [1.29, 1.82) is 0 Å². The number of aliphatic hydroxyl groups excluding tert-OH is 1. The molecule has 1 rings (SSSR count). The molecule has 0 fully saturated rings. The van der Waals surface area contributed by atoms with Gasteiger partial charge in [0.05, 0.1) is 13.2 Å². The minimum atomic E-state index is -1.05. The van der Waals surface area contributed by atoms with Gasteiger partial charge in [0, 0.05) is 12.1 Å². The molecule has 0 aliphatic carbocycles. The van der Waals surface area contributed by atoms with Crippen LogP contribution >= 0.6 is 0 Å². The number of aliphatic hydroxyl groups is 1. The average Bonchev–Trinajstić information content (AvgIpc) is 2.26. The molecule has 0 amide bonds. The molecule has 3 N–H and O–H groups in total. The van der Waals surface area contributed by atoms with Crippen LogP contribution in [0.15, 0.2) is 12.1 Å². The number of benzene rings is 1. The van der Waals surface area contributed by atoms with Gasteiger partial charge in [0.25, 0.3) is 0 Å². The van der Waals surface area contributed by atoms with Crippen molar-refractivity contribution in [2.75, 3.05) is 13.7 Å². The fourth-order valence-corrected chi connectivity index (χ4v) is 1.34. The van der Waals surface area contributed by atoms with Crippen molar-refractivity contribution in [3.63, 3.8) is 0 Å². The lowest BCUT2D eigenvalue weighted by molar-refractivity contribution is 0.180. The molecule has 1 atom stereocenters. The highest BCUT2D eigenvalue weighted by Crippen LogP contribution is 2.29. The Bertz CT molecular complexity index is 344. The number of alkyl halides is 1. The maximum absolute atomic E-state index is 13.4. The topological polar surface area (TPSA) is 55.5 Å². The number of halogens is 2. The van der Waals surface area contributed by atoms with Gasteiger partial charge in [-0.2, -0.15) is 0 Å². The van der Waals surface area contributed by atoms with Gasteiger partial charge in [-0.15, -0.1) is 0 Å². The first kappa shape index (κ1) is 11.9. The molecular weight excluding hydrogens is 204 g/mol. The highest BCUT2D eigenvalue weighted by molar-refractivity contribution is 5.40. The molecule has 0 spiro atoms. The highest BCUT2D eigenvalue weighted by atomic mass is 19.1. The van der Waals surface area contributed by atoms with E-state index in [0.717, 1.165) is 6.07 Å². The van der Waals surface area contributed by atoms with Crippen LogP contribution in [0.4, 0.5) is 8.78 Å². The molecule has 0 radical (unpaired) electrons. The van der Waals surface area contributed by atoms with Crippen molar-refractivity contribution in [3.05, 3.63) is 29.1 Å². The van der Waals surface area contributed by atoms with Gasteiger partial charge in [-0.25, -0.2) is 8.78 Å². The molecule has 1 aromatic rings. The molecule has 0 saturated heterocycles. The number of ether oxygens (including phenoxy) is 1. The summed E-state index contributed by atoms with van der Waals surface area (Å²) in [7, 11) is 1.28. The van der Waals surface area contributed by atoms with E-state index in [-0.39, 0.29) is 23.4 Å². The Morgan fingerprint density at radius 2 is 2.20 bits per heavy atom. The van der Waals surface area contributed by atoms with Crippen LogP contribution in [0.5, 0.6) is 5.75 Å². The van der Waals surface area contributed by atoms with Crippen LogP contribution in [-0.4, -0.2) is 18.8 Å². The monoisotopic (exact) mass is 217 g/mol. The molecule has 0 saturated carbocycles. The first-order valence-corrected chi connectivity index (χ1v) is 4.44. The predicted octanol–water partition coefficient (Wildman–Crippen LogP) is 1.30. The van der Waals surface area contributed by atoms with E-state index in [1.807, 2.05) is 0 Å². The molecule has 0 aliphatic heterocycles. The van der Waals surface area contributed by atoms with Crippen molar-refractivity contribution in [3.8, 4) is 5.75 Å². The second-order valence-electron chi connectivity index (χ2n) is 3.09. The number of hydrogen-bond acceptors (Lipinski definition) is 3. The van der Waals surface area contributed by atoms with Gasteiger partial charge in [-0.3, -0.25) is 0 Å². The lowest BCUT2D eigenvalue weighted by Crippen LogP contribution is -2.13. The minimum Gasteiger partial charge on any atom is -0.493 e. The number of methoxy groups -OCH3 is 1. The fraction of sp³-hybridized carbons (Fsp3) is 0.400. The summed E-state index contributed by atoms with van der Waals surface area (Å²) < 4.78 is 30.5. The largest absolute Gasteiger partial charge is 0.493 e. The Kier molecular flexibility index (Phi) is 3.99. The molecule has 5 heteroatoms. The second-order valence-corrected chi connectivity index (χ2v) is 3.09. The van der Waals surface area contributed by atoms with Crippen LogP contribution in [0.2, 0.25) is 0 Å². The summed E-state index contributed by atoms with van der Waals surface area (Å²) in [4.78, 5) is 0. The van der Waals surface area contributed by atoms with Gasteiger partial charge in [0.15, 0.2) is 11.6 Å². The van der Waals surface area contributed by atoms with Crippen LogP contribution in [0.25, 0.3) is 0 Å². The quantitative estimate of drug-likeness (QED) is 0.799. The van der Waals surface area contributed by atoms with E-state index >= 15 is 0 Å². The fourth-order valence-electron chi connectivity index (χ4n) is 1.34. The smallest absolute Gasteiger partial charge is 0.165 e. The Balaban J connectivity index is 3.25. The first-order chi connectivity index (χ1) is 7.13. The lowest BCUT2D eigenvalue weighted by atomic mass is 10.0. The molecule has 0 bridgehead atoms. The molecule has 3 nitrogen and oxygen atoms in total. The van der Waals surface area contributed by atoms with Gasteiger partial charge in [0.2, 0.25) is 0 Å². The third kappa shape index (κ3) is 2.43. The van der Waals surface area contributed by atoms with Crippen LogP contribution < -0.4 is 10.5 Å². The summed E-state index contributed by atoms with van der Waals surface area (Å²) in [5, 5.41) is 9.49. The zero-order valence-electron chi connectivity index (χ0n) is 8.34. The summed E-state index contributed by atoms with van der Waals surface area (Å²) in [6.45, 7) is -0.878. The summed E-state index contributed by atoms with van der Waals surface area (Å²) >= 11 is 0. The van der Waals surface area contributed by atoms with E-state index in [1.54, 1.807) is 0 Å². The van der Waals surface area contributed by atoms with Crippen molar-refractivity contribution in [2.45, 2.75) is 12.8 Å². The van der Waals surface area contributed by atoms with Crippen molar-refractivity contribution < 1.29 is 18.6 Å². The SMILES string of the molecule is COc1c(F)cc(CF)cc1C(O)CN. The normalized spacial score (nSPS) is 12.6. The number of rotatable bonds is 4. The van der Waals surface area contributed by atoms with E-state index < -0.39 is 18.6 Å². The van der Waals surface area contributed by atoms with Crippen LogP contribution in [0.1, 0.15) is 17.2 Å². The van der Waals surface area contributed by atoms with Crippen LogP contribution in [0.3, 0.4) is 0 Å². The van der Waals surface area contributed by atoms with Gasteiger partial charge < -0.3 is 15.6 Å². The van der Waals surface area contributed by atoms with E-state index in [0.29, 0.717) is 0 Å². The Labute approximate surface area is 86.5 Å². The van der Waals surface area contributed by atoms with E-state index in [9.17, 15) is 13.9 Å². The summed E-state index contributed by atoms with van der Waals surface area (Å²) in [6.07, 6.45) is -1.05. The predicted molar refractivity (Wildman–Crippen MR) is 51.8 cm³/mol. The Hall–Kier alpha value is -1.20. The third-order valence-corrected chi connectivity index (χ3v) is 2.07. The Morgan fingerprint density at radius 3 is 2.67 bits per heavy atom. The molecule has 0 aliphatic rings. The van der Waals surface area contributed by atoms with Crippen molar-refractivity contribution >= 4 is 0 Å². The van der Waals surface area contributed by atoms with Crippen LogP contribution in [0, 0.1) is 5.82 Å². The van der Waals surface area contributed by atoms with Gasteiger partial charge in [-0.1, -0.05) is 0 Å². The summed E-state index contributed by atoms with van der Waals surface area (Å²) in [5.41, 5.74) is 5.57. The van der Waals surface area contributed by atoms with Crippen molar-refractivity contribution in [2.24, 2.45) is 5.73 Å². The number of hydrogen-bond donors (Lipinski definition) is 2. The minimum absolute atomic E-state index is 0.0778. The zero-order chi connectivity index (χ0) is 11.4. The summed E-state index contributed by atoms with van der Waals surface area (Å²) in [6, 6.07) is 2.38. The van der Waals surface area contributed by atoms with Crippen LogP contribution in [-0.2, 0) is 6.67 Å². The van der Waals surface area contributed by atoms with E-state index in [1.165, 1.54) is 13.2 Å². The molecule has 15 heavy (non-hydrogen) atoms. The van der Waals surface area contributed by atoms with Gasteiger partial charge in [-0.05, 0) is 17.7 Å². The molecule has 0 heterocycles. The standard InChI is InChI=1S/C10H13F2NO2/c1-15-10-7(9(14)5-13)2-6(4-11)3-8(10)12/h2-3,9,14H,4-5,13H2,1H3. The number of nitrogens with two attached hydrogens (primary N) is 1. The van der Waals surface area contributed by atoms with E-state index in [4.69, 9.17) is 10.5 Å². The van der Waals surface area contributed by atoms with E-state index in [2.05, 4.69) is 0 Å². The second kappa shape index (κ2) is 5.04. The molecule has 84 valence electrons. The average molecular weight is 217 g/mol. The van der Waals surface area contributed by atoms with Gasteiger partial charge >= 0.3 is 0 Å². The lowest BCUT2D eigenvalue weighted by Gasteiger charge is -2.14.